The van der Waals surface area contributed by atoms with Gasteiger partial charge in [0.05, 0.1) is 23.8 Å². The minimum Gasteiger partial charge on any atom is -0.497 e. The molecule has 0 radical (unpaired) electrons. The van der Waals surface area contributed by atoms with E-state index in [0.717, 1.165) is 54.8 Å². The second-order valence-corrected chi connectivity index (χ2v) is 6.63. The number of rotatable bonds is 8. The highest BCUT2D eigenvalue weighted by Crippen LogP contribution is 2.32. The number of aromatic nitrogens is 2. The molecule has 138 valence electrons. The van der Waals surface area contributed by atoms with Crippen molar-refractivity contribution in [2.24, 2.45) is 0 Å². The van der Waals surface area contributed by atoms with E-state index in [2.05, 4.69) is 40.0 Å². The molecule has 5 heteroatoms. The summed E-state index contributed by atoms with van der Waals surface area (Å²) < 4.78 is 7.68. The van der Waals surface area contributed by atoms with Crippen molar-refractivity contribution in [2.45, 2.75) is 46.1 Å². The van der Waals surface area contributed by atoms with Crippen molar-refractivity contribution in [3.05, 3.63) is 36.2 Å². The standard InChI is InChI=1S/C21H27N3O2/c1-4-5-11-23-20(25)7-6-13-24-19-14-16(26-3)8-9-17(19)18-10-12-22-15(2)21(18)24/h8-10,12,14H,4-7,11,13H2,1-3H3,(H,23,25). The average Bonchev–Trinajstić information content (AvgIpc) is 2.96. The number of nitrogens with one attached hydrogen (secondary N) is 1. The van der Waals surface area contributed by atoms with E-state index in [0.29, 0.717) is 6.42 Å². The van der Waals surface area contributed by atoms with Crippen molar-refractivity contribution in [3.8, 4) is 5.75 Å². The molecule has 3 rings (SSSR count). The highest BCUT2D eigenvalue weighted by Gasteiger charge is 2.14. The molecule has 2 aromatic heterocycles. The van der Waals surface area contributed by atoms with Gasteiger partial charge >= 0.3 is 0 Å². The molecule has 0 spiro atoms. The second kappa shape index (κ2) is 8.21. The van der Waals surface area contributed by atoms with Crippen molar-refractivity contribution in [1.82, 2.24) is 14.9 Å². The van der Waals surface area contributed by atoms with E-state index in [1.807, 2.05) is 19.2 Å². The Morgan fingerprint density at radius 1 is 1.23 bits per heavy atom. The van der Waals surface area contributed by atoms with Gasteiger partial charge in [-0.1, -0.05) is 13.3 Å². The maximum Gasteiger partial charge on any atom is 0.220 e. The average molecular weight is 353 g/mol. The van der Waals surface area contributed by atoms with E-state index < -0.39 is 0 Å². The van der Waals surface area contributed by atoms with E-state index in [-0.39, 0.29) is 5.91 Å². The zero-order valence-corrected chi connectivity index (χ0v) is 15.8. The van der Waals surface area contributed by atoms with Crippen molar-refractivity contribution in [2.75, 3.05) is 13.7 Å². The third-order valence-corrected chi connectivity index (χ3v) is 4.80. The molecule has 0 aliphatic heterocycles. The molecular formula is C21H27N3O2. The summed E-state index contributed by atoms with van der Waals surface area (Å²) >= 11 is 0. The predicted molar refractivity (Wildman–Crippen MR) is 106 cm³/mol. The number of carbonyl (C=O) groups excluding carboxylic acids is 1. The van der Waals surface area contributed by atoms with Crippen LogP contribution in [0.15, 0.2) is 30.5 Å². The van der Waals surface area contributed by atoms with Gasteiger partial charge in [-0.3, -0.25) is 9.78 Å². The highest BCUT2D eigenvalue weighted by molar-refractivity contribution is 6.09. The lowest BCUT2D eigenvalue weighted by Gasteiger charge is -2.10. The SMILES string of the molecule is CCCCNC(=O)CCCn1c2cc(OC)ccc2c2ccnc(C)c21. The third-order valence-electron chi connectivity index (χ3n) is 4.80. The summed E-state index contributed by atoms with van der Waals surface area (Å²) in [6, 6.07) is 8.22. The fourth-order valence-electron chi connectivity index (χ4n) is 3.45. The molecule has 5 nitrogen and oxygen atoms in total. The number of hydrogen-bond donors (Lipinski definition) is 1. The van der Waals surface area contributed by atoms with E-state index in [1.165, 1.54) is 10.8 Å². The number of unbranched alkanes of at least 4 members (excludes halogenated alkanes) is 1. The van der Waals surface area contributed by atoms with Crippen LogP contribution in [0.1, 0.15) is 38.3 Å². The van der Waals surface area contributed by atoms with E-state index in [9.17, 15) is 4.79 Å². The molecular weight excluding hydrogens is 326 g/mol. The summed E-state index contributed by atoms with van der Waals surface area (Å²) in [6.45, 7) is 5.71. The first-order chi connectivity index (χ1) is 12.7. The zero-order chi connectivity index (χ0) is 18.5. The monoisotopic (exact) mass is 353 g/mol. The van der Waals surface area contributed by atoms with Gasteiger partial charge in [-0.25, -0.2) is 0 Å². The number of ether oxygens (including phenoxy) is 1. The van der Waals surface area contributed by atoms with Crippen LogP contribution in [-0.2, 0) is 11.3 Å². The number of methoxy groups -OCH3 is 1. The smallest absolute Gasteiger partial charge is 0.220 e. The van der Waals surface area contributed by atoms with Crippen LogP contribution >= 0.6 is 0 Å². The zero-order valence-electron chi connectivity index (χ0n) is 15.8. The molecule has 1 aromatic carbocycles. The lowest BCUT2D eigenvalue weighted by molar-refractivity contribution is -0.121. The lowest BCUT2D eigenvalue weighted by atomic mass is 10.1. The minimum absolute atomic E-state index is 0.131. The van der Waals surface area contributed by atoms with Gasteiger partial charge in [0.2, 0.25) is 5.91 Å². The summed E-state index contributed by atoms with van der Waals surface area (Å²) in [7, 11) is 1.68. The Kier molecular flexibility index (Phi) is 5.76. The first-order valence-electron chi connectivity index (χ1n) is 9.34. The number of hydrogen-bond acceptors (Lipinski definition) is 3. The molecule has 0 saturated heterocycles. The number of aryl methyl sites for hydroxylation is 2. The van der Waals surface area contributed by atoms with Crippen LogP contribution in [0.3, 0.4) is 0 Å². The first-order valence-corrected chi connectivity index (χ1v) is 9.34. The summed E-state index contributed by atoms with van der Waals surface area (Å²) in [6.07, 6.45) is 5.31. The Hall–Kier alpha value is -2.56. The Labute approximate surface area is 154 Å². The van der Waals surface area contributed by atoms with Crippen LogP contribution in [-0.4, -0.2) is 29.1 Å². The largest absolute Gasteiger partial charge is 0.497 e. The number of benzene rings is 1. The molecule has 1 amide bonds. The normalized spacial score (nSPS) is 11.2. The highest BCUT2D eigenvalue weighted by atomic mass is 16.5. The van der Waals surface area contributed by atoms with Crippen LogP contribution in [0.2, 0.25) is 0 Å². The Balaban J connectivity index is 1.87. The van der Waals surface area contributed by atoms with E-state index >= 15 is 0 Å². The number of fused-ring (bicyclic) bond motifs is 3. The van der Waals surface area contributed by atoms with Gasteiger partial charge in [0.15, 0.2) is 0 Å². The van der Waals surface area contributed by atoms with Crippen LogP contribution < -0.4 is 10.1 Å². The number of amides is 1. The number of nitrogens with zero attached hydrogens (tertiary/aromatic N) is 2. The molecule has 0 aliphatic carbocycles. The maximum absolute atomic E-state index is 12.0. The van der Waals surface area contributed by atoms with Gasteiger partial charge in [0.25, 0.3) is 0 Å². The fraction of sp³-hybridized carbons (Fsp3) is 0.429. The molecule has 0 aliphatic rings. The van der Waals surface area contributed by atoms with Crippen molar-refractivity contribution in [1.29, 1.82) is 0 Å². The van der Waals surface area contributed by atoms with Crippen LogP contribution in [0.5, 0.6) is 5.75 Å². The van der Waals surface area contributed by atoms with Crippen LogP contribution in [0, 0.1) is 6.92 Å². The third kappa shape index (κ3) is 3.66. The predicted octanol–water partition coefficient (Wildman–Crippen LogP) is 4.20. The summed E-state index contributed by atoms with van der Waals surface area (Å²) in [5, 5.41) is 5.38. The van der Waals surface area contributed by atoms with Gasteiger partial charge in [0, 0.05) is 42.5 Å². The maximum atomic E-state index is 12.0. The molecule has 0 bridgehead atoms. The molecule has 26 heavy (non-hydrogen) atoms. The topological polar surface area (TPSA) is 56.2 Å². The van der Waals surface area contributed by atoms with Crippen LogP contribution in [0.25, 0.3) is 21.8 Å². The molecule has 0 atom stereocenters. The van der Waals surface area contributed by atoms with Gasteiger partial charge in [-0.15, -0.1) is 0 Å². The van der Waals surface area contributed by atoms with Gasteiger partial charge in [-0.05, 0) is 38.0 Å². The van der Waals surface area contributed by atoms with E-state index in [4.69, 9.17) is 4.74 Å². The fourth-order valence-corrected chi connectivity index (χ4v) is 3.45. The van der Waals surface area contributed by atoms with Gasteiger partial charge in [0.1, 0.15) is 5.75 Å². The number of carbonyl (C=O) groups is 1. The lowest BCUT2D eigenvalue weighted by Crippen LogP contribution is -2.24. The Morgan fingerprint density at radius 2 is 2.08 bits per heavy atom. The molecule has 3 aromatic rings. The molecule has 1 N–H and O–H groups in total. The van der Waals surface area contributed by atoms with E-state index in [1.54, 1.807) is 7.11 Å². The first kappa shape index (κ1) is 18.2. The van der Waals surface area contributed by atoms with Gasteiger partial charge in [-0.2, -0.15) is 0 Å². The van der Waals surface area contributed by atoms with Gasteiger partial charge < -0.3 is 14.6 Å². The summed E-state index contributed by atoms with van der Waals surface area (Å²) in [5.41, 5.74) is 3.27. The Bertz CT molecular complexity index is 914. The Morgan fingerprint density at radius 3 is 2.85 bits per heavy atom. The minimum atomic E-state index is 0.131. The van der Waals surface area contributed by atoms with Crippen molar-refractivity contribution in [3.63, 3.8) is 0 Å². The number of pyridine rings is 1. The summed E-state index contributed by atoms with van der Waals surface area (Å²) in [5.74, 6) is 0.969. The van der Waals surface area contributed by atoms with Crippen LogP contribution in [0.4, 0.5) is 0 Å². The van der Waals surface area contributed by atoms with Crippen molar-refractivity contribution < 1.29 is 9.53 Å². The quantitative estimate of drug-likeness (QED) is 0.617. The molecule has 0 saturated carbocycles. The molecule has 0 fully saturated rings. The molecule has 2 heterocycles. The molecule has 0 unspecified atom stereocenters. The summed E-state index contributed by atoms with van der Waals surface area (Å²) in [4.78, 5) is 16.5. The van der Waals surface area contributed by atoms with Crippen molar-refractivity contribution >= 4 is 27.7 Å². The second-order valence-electron chi connectivity index (χ2n) is 6.63.